The van der Waals surface area contributed by atoms with Crippen molar-refractivity contribution in [3.8, 4) is 0 Å². The normalized spacial score (nSPS) is 36.9. The number of hydrogen-bond acceptors (Lipinski definition) is 6. The molecule has 0 aliphatic carbocycles. The number of ether oxygens (including phenoxy) is 2. The van der Waals surface area contributed by atoms with Crippen LogP contribution in [0.4, 0.5) is 0 Å². The van der Waals surface area contributed by atoms with E-state index >= 15 is 0 Å². The number of aryl methyl sites for hydroxylation is 1. The van der Waals surface area contributed by atoms with Crippen molar-refractivity contribution < 1.29 is 19.7 Å². The molecule has 19 heavy (non-hydrogen) atoms. The Kier molecular flexibility index (Phi) is 2.65. The molecule has 2 aliphatic rings. The van der Waals surface area contributed by atoms with E-state index in [2.05, 4.69) is 4.98 Å². The number of H-pyrrole nitrogens is 1. The van der Waals surface area contributed by atoms with E-state index in [0.29, 0.717) is 5.56 Å². The van der Waals surface area contributed by atoms with Gasteiger partial charge in [-0.15, -0.1) is 0 Å². The van der Waals surface area contributed by atoms with Gasteiger partial charge in [-0.2, -0.15) is 0 Å². The van der Waals surface area contributed by atoms with Gasteiger partial charge in [-0.1, -0.05) is 0 Å². The number of aromatic amines is 1. The van der Waals surface area contributed by atoms with Crippen LogP contribution >= 0.6 is 0 Å². The third kappa shape index (κ3) is 1.61. The zero-order valence-electron chi connectivity index (χ0n) is 10.2. The predicted octanol–water partition coefficient (Wildman–Crippen LogP) is -2.14. The Balaban J connectivity index is 2.04. The molecule has 0 aromatic carbocycles. The minimum atomic E-state index is -1.20. The molecule has 0 spiro atoms. The summed E-state index contributed by atoms with van der Waals surface area (Å²) in [5.74, 6) is 0. The summed E-state index contributed by atoms with van der Waals surface area (Å²) in [5, 5.41) is 19.4. The summed E-state index contributed by atoms with van der Waals surface area (Å²) in [7, 11) is 0. The second kappa shape index (κ2) is 4.01. The smallest absolute Gasteiger partial charge is 0.330 e. The Morgan fingerprint density at radius 2 is 2.32 bits per heavy atom. The maximum absolute atomic E-state index is 11.8. The SMILES string of the molecule is Cc1cn([C@@H]2O[C@]3(CO)CO[C@H]2[C@@H]3O)c(=O)[nH]c1=O. The minimum Gasteiger partial charge on any atom is -0.393 e. The second-order valence-corrected chi connectivity index (χ2v) is 4.93. The van der Waals surface area contributed by atoms with Gasteiger partial charge in [0, 0.05) is 11.8 Å². The Morgan fingerprint density at radius 3 is 2.95 bits per heavy atom. The van der Waals surface area contributed by atoms with Crippen LogP contribution in [0.2, 0.25) is 0 Å². The highest BCUT2D eigenvalue weighted by molar-refractivity contribution is 5.09. The molecule has 2 fully saturated rings. The molecule has 0 radical (unpaired) electrons. The number of nitrogens with zero attached hydrogens (tertiary/aromatic N) is 1. The summed E-state index contributed by atoms with van der Waals surface area (Å²) in [6.45, 7) is 1.22. The summed E-state index contributed by atoms with van der Waals surface area (Å²) >= 11 is 0. The summed E-state index contributed by atoms with van der Waals surface area (Å²) in [6, 6.07) is 0. The lowest BCUT2D eigenvalue weighted by atomic mass is 10.0. The molecule has 1 aromatic rings. The van der Waals surface area contributed by atoms with Crippen molar-refractivity contribution in [2.75, 3.05) is 13.2 Å². The van der Waals surface area contributed by atoms with Gasteiger partial charge in [-0.05, 0) is 6.92 Å². The standard InChI is InChI=1S/C11H14N2O6/c1-5-2-13(10(17)12-8(5)16)9-6-7(15)11(3-14,19-9)4-18-6/h2,6-7,9,14-15H,3-4H2,1H3,(H,12,16,17)/t6-,7-,9+,11+/m0/s1. The fourth-order valence-corrected chi connectivity index (χ4v) is 2.53. The van der Waals surface area contributed by atoms with Gasteiger partial charge in [-0.3, -0.25) is 14.3 Å². The lowest BCUT2D eigenvalue weighted by Crippen LogP contribution is -2.44. The summed E-state index contributed by atoms with van der Waals surface area (Å²) < 4.78 is 12.1. The van der Waals surface area contributed by atoms with Gasteiger partial charge >= 0.3 is 5.69 Å². The Hall–Kier alpha value is -1.48. The Bertz CT molecular complexity index is 622. The van der Waals surface area contributed by atoms with Crippen LogP contribution in [0.25, 0.3) is 0 Å². The predicted molar refractivity (Wildman–Crippen MR) is 61.7 cm³/mol. The summed E-state index contributed by atoms with van der Waals surface area (Å²) in [6.07, 6.45) is -1.26. The molecule has 1 aromatic heterocycles. The zero-order valence-corrected chi connectivity index (χ0v) is 10.2. The van der Waals surface area contributed by atoms with Crippen LogP contribution in [0.5, 0.6) is 0 Å². The molecule has 104 valence electrons. The van der Waals surface area contributed by atoms with E-state index in [-0.39, 0.29) is 6.61 Å². The van der Waals surface area contributed by atoms with Crippen LogP contribution in [-0.2, 0) is 9.47 Å². The van der Waals surface area contributed by atoms with Crippen molar-refractivity contribution in [3.05, 3.63) is 32.6 Å². The molecule has 3 N–H and O–H groups in total. The van der Waals surface area contributed by atoms with E-state index in [1.165, 1.54) is 10.8 Å². The Labute approximate surface area is 107 Å². The van der Waals surface area contributed by atoms with Crippen molar-refractivity contribution in [1.29, 1.82) is 0 Å². The maximum Gasteiger partial charge on any atom is 0.330 e. The molecule has 4 atom stereocenters. The largest absolute Gasteiger partial charge is 0.393 e. The van der Waals surface area contributed by atoms with Crippen molar-refractivity contribution in [3.63, 3.8) is 0 Å². The van der Waals surface area contributed by atoms with E-state index in [1.807, 2.05) is 0 Å². The van der Waals surface area contributed by atoms with E-state index in [0.717, 1.165) is 0 Å². The molecule has 2 bridgehead atoms. The fourth-order valence-electron chi connectivity index (χ4n) is 2.53. The van der Waals surface area contributed by atoms with Crippen LogP contribution < -0.4 is 11.2 Å². The van der Waals surface area contributed by atoms with Gasteiger partial charge in [0.2, 0.25) is 0 Å². The number of aromatic nitrogens is 2. The van der Waals surface area contributed by atoms with Gasteiger partial charge in [0.15, 0.2) is 6.23 Å². The van der Waals surface area contributed by atoms with Crippen LogP contribution in [0.1, 0.15) is 11.8 Å². The summed E-state index contributed by atoms with van der Waals surface area (Å²) in [4.78, 5) is 25.3. The van der Waals surface area contributed by atoms with Crippen molar-refractivity contribution in [2.24, 2.45) is 0 Å². The molecule has 3 rings (SSSR count). The first kappa shape index (κ1) is 12.5. The highest BCUT2D eigenvalue weighted by atomic mass is 16.7. The first-order chi connectivity index (χ1) is 8.98. The molecule has 0 saturated carbocycles. The second-order valence-electron chi connectivity index (χ2n) is 4.93. The van der Waals surface area contributed by atoms with Gasteiger partial charge < -0.3 is 19.7 Å². The molecule has 0 unspecified atom stereocenters. The van der Waals surface area contributed by atoms with E-state index in [1.54, 1.807) is 6.92 Å². The molecule has 8 nitrogen and oxygen atoms in total. The number of nitrogens with one attached hydrogen (secondary N) is 1. The molecular weight excluding hydrogens is 256 g/mol. The third-order valence-corrected chi connectivity index (χ3v) is 3.69. The monoisotopic (exact) mass is 270 g/mol. The Morgan fingerprint density at radius 1 is 1.58 bits per heavy atom. The quantitative estimate of drug-likeness (QED) is 0.565. The average molecular weight is 270 g/mol. The van der Waals surface area contributed by atoms with Gasteiger partial charge in [0.1, 0.15) is 17.8 Å². The molecule has 0 amide bonds. The highest BCUT2D eigenvalue weighted by Gasteiger charge is 2.61. The fraction of sp³-hybridized carbons (Fsp3) is 0.636. The zero-order chi connectivity index (χ0) is 13.8. The average Bonchev–Trinajstić information content (AvgIpc) is 2.85. The lowest BCUT2D eigenvalue weighted by molar-refractivity contribution is -0.187. The molecule has 3 heterocycles. The lowest BCUT2D eigenvalue weighted by Gasteiger charge is -2.29. The molecule has 2 saturated heterocycles. The van der Waals surface area contributed by atoms with Crippen LogP contribution in [0.3, 0.4) is 0 Å². The van der Waals surface area contributed by atoms with E-state index < -0.39 is 41.9 Å². The number of fused-ring (bicyclic) bond motifs is 2. The number of hydrogen-bond donors (Lipinski definition) is 3. The highest BCUT2D eigenvalue weighted by Crippen LogP contribution is 2.44. The van der Waals surface area contributed by atoms with Gasteiger partial charge in [0.25, 0.3) is 5.56 Å². The molecule has 8 heteroatoms. The van der Waals surface area contributed by atoms with Crippen LogP contribution in [-0.4, -0.2) is 50.8 Å². The van der Waals surface area contributed by atoms with Crippen molar-refractivity contribution in [2.45, 2.75) is 31.0 Å². The first-order valence-corrected chi connectivity index (χ1v) is 5.89. The van der Waals surface area contributed by atoms with Crippen molar-refractivity contribution in [1.82, 2.24) is 9.55 Å². The minimum absolute atomic E-state index is 0.0723. The number of aliphatic hydroxyl groups is 2. The topological polar surface area (TPSA) is 114 Å². The van der Waals surface area contributed by atoms with Crippen LogP contribution in [0, 0.1) is 6.92 Å². The van der Waals surface area contributed by atoms with Crippen molar-refractivity contribution >= 4 is 0 Å². The third-order valence-electron chi connectivity index (χ3n) is 3.69. The van der Waals surface area contributed by atoms with Crippen LogP contribution in [0.15, 0.2) is 15.8 Å². The van der Waals surface area contributed by atoms with E-state index in [9.17, 15) is 19.8 Å². The number of rotatable bonds is 2. The summed E-state index contributed by atoms with van der Waals surface area (Å²) in [5.41, 5.74) is -1.96. The van der Waals surface area contributed by atoms with Gasteiger partial charge in [0.05, 0.1) is 13.2 Å². The first-order valence-electron chi connectivity index (χ1n) is 5.89. The molecule has 2 aliphatic heterocycles. The molecular formula is C11H14N2O6. The maximum atomic E-state index is 11.8. The number of aliphatic hydroxyl groups excluding tert-OH is 2. The van der Waals surface area contributed by atoms with E-state index in [4.69, 9.17) is 9.47 Å². The van der Waals surface area contributed by atoms with Gasteiger partial charge in [-0.25, -0.2) is 4.79 Å².